The van der Waals surface area contributed by atoms with Crippen LogP contribution in [0.1, 0.15) is 22.4 Å². The molecule has 4 aromatic rings. The highest BCUT2D eigenvalue weighted by molar-refractivity contribution is 14.1. The maximum absolute atomic E-state index is 12.9. The molecule has 0 unspecified atom stereocenters. The van der Waals surface area contributed by atoms with Gasteiger partial charge in [-0.2, -0.15) is 18.3 Å². The largest absolute Gasteiger partial charge is 0.488 e. The molecule has 0 radical (unpaired) electrons. The highest BCUT2D eigenvalue weighted by Crippen LogP contribution is 2.32. The Bertz CT molecular complexity index is 1450. The molecule has 0 bridgehead atoms. The standard InChI is InChI=1S/C26H19BrF3IN4O2S/c27-22-10-17(6-9-23(22)37-14-16-4-7-19(31)8-5-16)13-32-35-24(36)12-21-15-38-25(34-21)33-20-3-1-2-18(11-20)26(28,29)30/h1-11,13,15H,12,14H2,(H,33,34)(H,35,36)/b32-13-. The third kappa shape index (κ3) is 8.27. The predicted molar refractivity (Wildman–Crippen MR) is 154 cm³/mol. The molecule has 0 aliphatic heterocycles. The van der Waals surface area contributed by atoms with E-state index in [4.69, 9.17) is 4.74 Å². The minimum atomic E-state index is -4.43. The van der Waals surface area contributed by atoms with E-state index >= 15 is 0 Å². The average molecular weight is 715 g/mol. The van der Waals surface area contributed by atoms with Gasteiger partial charge >= 0.3 is 6.18 Å². The summed E-state index contributed by atoms with van der Waals surface area (Å²) in [6.07, 6.45) is -2.96. The smallest absolute Gasteiger partial charge is 0.416 e. The van der Waals surface area contributed by atoms with Crippen LogP contribution in [0.2, 0.25) is 0 Å². The van der Waals surface area contributed by atoms with Crippen molar-refractivity contribution in [2.45, 2.75) is 19.2 Å². The van der Waals surface area contributed by atoms with Crippen LogP contribution < -0.4 is 15.5 Å². The second-order valence-electron chi connectivity index (χ2n) is 7.92. The molecule has 196 valence electrons. The first kappa shape index (κ1) is 28.0. The number of rotatable bonds is 9. The average Bonchev–Trinajstić information content (AvgIpc) is 3.30. The maximum atomic E-state index is 12.9. The van der Waals surface area contributed by atoms with E-state index < -0.39 is 11.7 Å². The van der Waals surface area contributed by atoms with Crippen LogP contribution in [0.15, 0.2) is 81.7 Å². The van der Waals surface area contributed by atoms with Gasteiger partial charge in [0, 0.05) is 14.6 Å². The van der Waals surface area contributed by atoms with Gasteiger partial charge in [-0.15, -0.1) is 11.3 Å². The summed E-state index contributed by atoms with van der Waals surface area (Å²) < 4.78 is 46.5. The van der Waals surface area contributed by atoms with Crippen molar-refractivity contribution >= 4 is 72.8 Å². The molecule has 6 nitrogen and oxygen atoms in total. The molecule has 0 aliphatic rings. The molecule has 0 saturated carbocycles. The fraction of sp³-hybridized carbons (Fsp3) is 0.115. The zero-order valence-electron chi connectivity index (χ0n) is 19.4. The Balaban J connectivity index is 1.26. The van der Waals surface area contributed by atoms with Gasteiger partial charge in [-0.1, -0.05) is 18.2 Å². The number of benzene rings is 3. The summed E-state index contributed by atoms with van der Waals surface area (Å²) in [7, 11) is 0. The molecule has 4 rings (SSSR count). The van der Waals surface area contributed by atoms with Crippen LogP contribution in [0, 0.1) is 3.57 Å². The Morgan fingerprint density at radius 1 is 1.13 bits per heavy atom. The van der Waals surface area contributed by atoms with Crippen molar-refractivity contribution in [3.05, 3.63) is 103 Å². The molecule has 0 spiro atoms. The first-order chi connectivity index (χ1) is 18.2. The summed E-state index contributed by atoms with van der Waals surface area (Å²) in [5.41, 5.74) is 4.23. The second-order valence-corrected chi connectivity index (χ2v) is 10.9. The molecular weight excluding hydrogens is 696 g/mol. The van der Waals surface area contributed by atoms with Gasteiger partial charge in [-0.25, -0.2) is 10.4 Å². The van der Waals surface area contributed by atoms with E-state index in [-0.39, 0.29) is 18.0 Å². The van der Waals surface area contributed by atoms with Crippen molar-refractivity contribution in [3.8, 4) is 5.75 Å². The van der Waals surface area contributed by atoms with Crippen LogP contribution in [0.5, 0.6) is 5.75 Å². The summed E-state index contributed by atoms with van der Waals surface area (Å²) in [4.78, 5) is 16.5. The topological polar surface area (TPSA) is 75.6 Å². The van der Waals surface area contributed by atoms with Crippen molar-refractivity contribution in [1.82, 2.24) is 10.4 Å². The fourth-order valence-electron chi connectivity index (χ4n) is 3.18. The number of nitrogens with one attached hydrogen (secondary N) is 2. The third-order valence-electron chi connectivity index (χ3n) is 5.00. The molecule has 1 aromatic heterocycles. The van der Waals surface area contributed by atoms with E-state index in [1.54, 1.807) is 5.38 Å². The van der Waals surface area contributed by atoms with Crippen molar-refractivity contribution < 1.29 is 22.7 Å². The number of alkyl halides is 3. The lowest BCUT2D eigenvalue weighted by Gasteiger charge is -2.09. The maximum Gasteiger partial charge on any atom is 0.416 e. The number of hydrazone groups is 1. The molecule has 0 fully saturated rings. The molecule has 1 heterocycles. The lowest BCUT2D eigenvalue weighted by atomic mass is 10.2. The Kier molecular flexibility index (Phi) is 9.39. The van der Waals surface area contributed by atoms with Crippen LogP contribution in [0.3, 0.4) is 0 Å². The summed E-state index contributed by atoms with van der Waals surface area (Å²) in [5, 5.41) is 8.86. The van der Waals surface area contributed by atoms with Gasteiger partial charge in [0.25, 0.3) is 0 Å². The summed E-state index contributed by atoms with van der Waals surface area (Å²) in [5.74, 6) is 0.302. The van der Waals surface area contributed by atoms with E-state index in [9.17, 15) is 18.0 Å². The molecular formula is C26H19BrF3IN4O2S. The van der Waals surface area contributed by atoms with E-state index in [0.29, 0.717) is 23.2 Å². The lowest BCUT2D eigenvalue weighted by Crippen LogP contribution is -2.19. The monoisotopic (exact) mass is 714 g/mol. The van der Waals surface area contributed by atoms with Crippen LogP contribution in [0.25, 0.3) is 0 Å². The van der Waals surface area contributed by atoms with Crippen LogP contribution >= 0.6 is 49.9 Å². The molecule has 3 aromatic carbocycles. The number of halogens is 5. The number of ether oxygens (including phenoxy) is 1. The van der Waals surface area contributed by atoms with Crippen molar-refractivity contribution in [2.24, 2.45) is 5.10 Å². The predicted octanol–water partition coefficient (Wildman–Crippen LogP) is 7.54. The molecule has 12 heteroatoms. The van der Waals surface area contributed by atoms with Gasteiger partial charge in [-0.3, -0.25) is 4.79 Å². The number of amides is 1. The molecule has 1 amide bonds. The van der Waals surface area contributed by atoms with Gasteiger partial charge in [0.1, 0.15) is 12.4 Å². The number of carbonyl (C=O) groups is 1. The Morgan fingerprint density at radius 3 is 2.66 bits per heavy atom. The van der Waals surface area contributed by atoms with Crippen LogP contribution in [-0.2, 0) is 24.0 Å². The van der Waals surface area contributed by atoms with E-state index in [0.717, 1.165) is 31.3 Å². The lowest BCUT2D eigenvalue weighted by molar-refractivity contribution is -0.137. The quantitative estimate of drug-likeness (QED) is 0.107. The van der Waals surface area contributed by atoms with Gasteiger partial charge in [0.05, 0.1) is 28.4 Å². The van der Waals surface area contributed by atoms with Crippen molar-refractivity contribution in [3.63, 3.8) is 0 Å². The molecule has 0 atom stereocenters. The van der Waals surface area contributed by atoms with Crippen LogP contribution in [-0.4, -0.2) is 17.1 Å². The fourth-order valence-corrected chi connectivity index (χ4v) is 4.78. The normalized spacial score (nSPS) is 11.5. The Labute approximate surface area is 242 Å². The van der Waals surface area contributed by atoms with E-state index in [2.05, 4.69) is 59.3 Å². The van der Waals surface area contributed by atoms with Gasteiger partial charge < -0.3 is 10.1 Å². The number of hydrogen-bond donors (Lipinski definition) is 2. The molecule has 38 heavy (non-hydrogen) atoms. The van der Waals surface area contributed by atoms with Crippen molar-refractivity contribution in [1.29, 1.82) is 0 Å². The second kappa shape index (κ2) is 12.7. The summed E-state index contributed by atoms with van der Waals surface area (Å²) >= 11 is 6.93. The highest BCUT2D eigenvalue weighted by atomic mass is 127. The minimum Gasteiger partial charge on any atom is -0.488 e. The number of nitrogens with zero attached hydrogens (tertiary/aromatic N) is 2. The zero-order valence-corrected chi connectivity index (χ0v) is 24.0. The number of hydrogen-bond acceptors (Lipinski definition) is 6. The minimum absolute atomic E-state index is 0.0346. The number of thiazole rings is 1. The highest BCUT2D eigenvalue weighted by Gasteiger charge is 2.30. The number of carbonyl (C=O) groups excluding carboxylic acids is 1. The third-order valence-corrected chi connectivity index (χ3v) is 7.15. The van der Waals surface area contributed by atoms with Gasteiger partial charge in [-0.05, 0) is 98.2 Å². The summed E-state index contributed by atoms with van der Waals surface area (Å²) in [6.45, 7) is 0.437. The Hall–Kier alpha value is -2.97. The Morgan fingerprint density at radius 2 is 1.92 bits per heavy atom. The van der Waals surface area contributed by atoms with Crippen LogP contribution in [0.4, 0.5) is 24.0 Å². The first-order valence-corrected chi connectivity index (χ1v) is 13.8. The molecule has 0 saturated heterocycles. The van der Waals surface area contributed by atoms with Crippen molar-refractivity contribution in [2.75, 3.05) is 5.32 Å². The zero-order chi connectivity index (χ0) is 27.1. The van der Waals surface area contributed by atoms with Gasteiger partial charge in [0.2, 0.25) is 5.91 Å². The summed E-state index contributed by atoms with van der Waals surface area (Å²) in [6, 6.07) is 18.3. The van der Waals surface area contributed by atoms with Gasteiger partial charge in [0.15, 0.2) is 5.13 Å². The molecule has 2 N–H and O–H groups in total. The SMILES string of the molecule is O=C(Cc1csc(Nc2cccc(C(F)(F)F)c2)n1)N/N=C\c1ccc(OCc2ccc(I)cc2)c(Br)c1. The van der Waals surface area contributed by atoms with E-state index in [1.807, 2.05) is 42.5 Å². The number of aromatic nitrogens is 1. The van der Waals surface area contributed by atoms with E-state index in [1.165, 1.54) is 29.7 Å². The molecule has 0 aliphatic carbocycles. The first-order valence-electron chi connectivity index (χ1n) is 11.0. The number of anilines is 2.